The van der Waals surface area contributed by atoms with Crippen molar-refractivity contribution in [3.8, 4) is 5.75 Å². The van der Waals surface area contributed by atoms with Crippen molar-refractivity contribution < 1.29 is 9.53 Å². The van der Waals surface area contributed by atoms with Gasteiger partial charge in [-0.1, -0.05) is 42.5 Å². The number of hydrogen-bond donors (Lipinski definition) is 1. The summed E-state index contributed by atoms with van der Waals surface area (Å²) in [5, 5.41) is 4.92. The normalized spacial score (nSPS) is 10.3. The predicted molar refractivity (Wildman–Crippen MR) is 92.7 cm³/mol. The van der Waals surface area contributed by atoms with Gasteiger partial charge in [0, 0.05) is 10.4 Å². The van der Waals surface area contributed by atoms with Gasteiger partial charge in [-0.3, -0.25) is 4.79 Å². The zero-order valence-electron chi connectivity index (χ0n) is 12.6. The smallest absolute Gasteiger partial charge is 0.251 e. The van der Waals surface area contributed by atoms with Crippen LogP contribution in [0.5, 0.6) is 5.75 Å². The second-order valence-corrected chi connectivity index (χ2v) is 6.10. The average molecular weight is 323 g/mol. The van der Waals surface area contributed by atoms with Crippen molar-refractivity contribution in [1.82, 2.24) is 5.32 Å². The number of ether oxygens (including phenoxy) is 1. The molecule has 0 atom stereocenters. The largest absolute Gasteiger partial charge is 0.489 e. The molecule has 1 amide bonds. The van der Waals surface area contributed by atoms with Crippen molar-refractivity contribution in [2.45, 2.75) is 13.2 Å². The molecular weight excluding hydrogens is 306 g/mol. The van der Waals surface area contributed by atoms with Crippen LogP contribution >= 0.6 is 11.3 Å². The van der Waals surface area contributed by atoms with Crippen molar-refractivity contribution in [3.63, 3.8) is 0 Å². The fourth-order valence-corrected chi connectivity index (χ4v) is 2.80. The van der Waals surface area contributed by atoms with E-state index in [1.165, 1.54) is 0 Å². The summed E-state index contributed by atoms with van der Waals surface area (Å²) in [7, 11) is 0. The first kappa shape index (κ1) is 15.3. The Bertz CT molecular complexity index is 754. The molecule has 3 nitrogen and oxygen atoms in total. The molecule has 1 N–H and O–H groups in total. The van der Waals surface area contributed by atoms with Gasteiger partial charge >= 0.3 is 0 Å². The molecule has 116 valence electrons. The molecule has 1 heterocycles. The lowest BCUT2D eigenvalue weighted by Gasteiger charge is -2.08. The maximum Gasteiger partial charge on any atom is 0.251 e. The molecule has 0 radical (unpaired) electrons. The number of nitrogens with one attached hydrogen (secondary N) is 1. The van der Waals surface area contributed by atoms with E-state index in [0.29, 0.717) is 24.5 Å². The second kappa shape index (κ2) is 7.61. The Labute approximate surface area is 139 Å². The highest BCUT2D eigenvalue weighted by Crippen LogP contribution is 2.16. The van der Waals surface area contributed by atoms with E-state index in [1.54, 1.807) is 23.5 Å². The molecule has 0 aliphatic rings. The number of amides is 1. The molecule has 0 bridgehead atoms. The first-order valence-electron chi connectivity index (χ1n) is 7.38. The van der Waals surface area contributed by atoms with Gasteiger partial charge in [0.2, 0.25) is 0 Å². The molecular formula is C19H17NO2S. The van der Waals surface area contributed by atoms with E-state index in [0.717, 1.165) is 10.4 Å². The molecule has 0 saturated carbocycles. The van der Waals surface area contributed by atoms with Crippen molar-refractivity contribution in [1.29, 1.82) is 0 Å². The highest BCUT2D eigenvalue weighted by molar-refractivity contribution is 7.09. The molecule has 0 fully saturated rings. The Kier molecular flexibility index (Phi) is 5.06. The van der Waals surface area contributed by atoms with Crippen LogP contribution in [0.3, 0.4) is 0 Å². The first-order chi connectivity index (χ1) is 11.3. The topological polar surface area (TPSA) is 38.3 Å². The maximum absolute atomic E-state index is 12.2. The molecule has 0 aliphatic carbocycles. The number of carbonyl (C=O) groups is 1. The second-order valence-electron chi connectivity index (χ2n) is 5.06. The first-order valence-corrected chi connectivity index (χ1v) is 8.26. The molecule has 3 aromatic rings. The summed E-state index contributed by atoms with van der Waals surface area (Å²) in [4.78, 5) is 13.3. The Morgan fingerprint density at radius 2 is 1.87 bits per heavy atom. The Hall–Kier alpha value is -2.59. The maximum atomic E-state index is 12.2. The van der Waals surface area contributed by atoms with Gasteiger partial charge in [-0.2, -0.15) is 0 Å². The molecule has 0 unspecified atom stereocenters. The van der Waals surface area contributed by atoms with Gasteiger partial charge in [0.1, 0.15) is 12.4 Å². The van der Waals surface area contributed by atoms with Crippen LogP contribution in [-0.2, 0) is 13.2 Å². The lowest BCUT2D eigenvalue weighted by atomic mass is 10.2. The molecule has 0 spiro atoms. The third-order valence-electron chi connectivity index (χ3n) is 3.35. The minimum absolute atomic E-state index is 0.0939. The zero-order chi connectivity index (χ0) is 15.9. The van der Waals surface area contributed by atoms with E-state index in [1.807, 2.05) is 60.0 Å². The van der Waals surface area contributed by atoms with Gasteiger partial charge in [0.15, 0.2) is 0 Å². The van der Waals surface area contributed by atoms with Crippen molar-refractivity contribution in [3.05, 3.63) is 88.1 Å². The van der Waals surface area contributed by atoms with Gasteiger partial charge in [-0.05, 0) is 35.2 Å². The molecule has 4 heteroatoms. The van der Waals surface area contributed by atoms with Crippen LogP contribution in [-0.4, -0.2) is 5.91 Å². The monoisotopic (exact) mass is 323 g/mol. The lowest BCUT2D eigenvalue weighted by Crippen LogP contribution is -2.22. The number of carbonyl (C=O) groups excluding carboxylic acids is 1. The number of benzene rings is 2. The summed E-state index contributed by atoms with van der Waals surface area (Å²) in [6, 6.07) is 21.2. The number of hydrogen-bond acceptors (Lipinski definition) is 3. The van der Waals surface area contributed by atoms with E-state index in [-0.39, 0.29) is 5.91 Å². The average Bonchev–Trinajstić information content (AvgIpc) is 3.12. The van der Waals surface area contributed by atoms with E-state index in [4.69, 9.17) is 4.74 Å². The molecule has 1 aromatic heterocycles. The summed E-state index contributed by atoms with van der Waals surface area (Å²) in [5.41, 5.74) is 1.70. The van der Waals surface area contributed by atoms with Crippen LogP contribution in [0.1, 0.15) is 20.8 Å². The Morgan fingerprint density at radius 3 is 2.65 bits per heavy atom. The van der Waals surface area contributed by atoms with Gasteiger partial charge in [-0.25, -0.2) is 0 Å². The van der Waals surface area contributed by atoms with Gasteiger partial charge < -0.3 is 10.1 Å². The summed E-state index contributed by atoms with van der Waals surface area (Å²) < 4.78 is 5.76. The zero-order valence-corrected chi connectivity index (χ0v) is 13.4. The standard InChI is InChI=1S/C19H17NO2S/c21-19(20-13-18-10-5-11-23-18)16-8-4-9-17(12-16)22-14-15-6-2-1-3-7-15/h1-12H,13-14H2,(H,20,21). The highest BCUT2D eigenvalue weighted by Gasteiger charge is 2.07. The van der Waals surface area contributed by atoms with Crippen LogP contribution < -0.4 is 10.1 Å². The molecule has 0 aliphatic heterocycles. The fraction of sp³-hybridized carbons (Fsp3) is 0.105. The third-order valence-corrected chi connectivity index (χ3v) is 4.22. The lowest BCUT2D eigenvalue weighted by molar-refractivity contribution is 0.0951. The van der Waals surface area contributed by atoms with Crippen LogP contribution in [0.15, 0.2) is 72.1 Å². The van der Waals surface area contributed by atoms with Gasteiger partial charge in [0.05, 0.1) is 6.54 Å². The van der Waals surface area contributed by atoms with Crippen LogP contribution in [0.4, 0.5) is 0 Å². The van der Waals surface area contributed by atoms with E-state index in [2.05, 4.69) is 5.32 Å². The van der Waals surface area contributed by atoms with Gasteiger partial charge in [-0.15, -0.1) is 11.3 Å². The highest BCUT2D eigenvalue weighted by atomic mass is 32.1. The van der Waals surface area contributed by atoms with Crippen LogP contribution in [0.2, 0.25) is 0 Å². The third kappa shape index (κ3) is 4.44. The Morgan fingerprint density at radius 1 is 1.00 bits per heavy atom. The molecule has 3 rings (SSSR count). The SMILES string of the molecule is O=C(NCc1cccs1)c1cccc(OCc2ccccc2)c1. The van der Waals surface area contributed by atoms with E-state index >= 15 is 0 Å². The Balaban J connectivity index is 1.59. The minimum atomic E-state index is -0.0939. The molecule has 0 saturated heterocycles. The molecule has 2 aromatic carbocycles. The number of thiophene rings is 1. The summed E-state index contributed by atoms with van der Waals surface area (Å²) in [6.45, 7) is 1.03. The van der Waals surface area contributed by atoms with E-state index in [9.17, 15) is 4.79 Å². The van der Waals surface area contributed by atoms with E-state index < -0.39 is 0 Å². The van der Waals surface area contributed by atoms with Crippen LogP contribution in [0.25, 0.3) is 0 Å². The quantitative estimate of drug-likeness (QED) is 0.736. The summed E-state index contributed by atoms with van der Waals surface area (Å²) >= 11 is 1.63. The van der Waals surface area contributed by atoms with Crippen LogP contribution in [0, 0.1) is 0 Å². The van der Waals surface area contributed by atoms with Crippen molar-refractivity contribution >= 4 is 17.2 Å². The predicted octanol–water partition coefficient (Wildman–Crippen LogP) is 4.26. The minimum Gasteiger partial charge on any atom is -0.489 e. The molecule has 23 heavy (non-hydrogen) atoms. The van der Waals surface area contributed by atoms with Gasteiger partial charge in [0.25, 0.3) is 5.91 Å². The van der Waals surface area contributed by atoms with Crippen molar-refractivity contribution in [2.24, 2.45) is 0 Å². The fourth-order valence-electron chi connectivity index (χ4n) is 2.15. The summed E-state index contributed by atoms with van der Waals surface area (Å²) in [6.07, 6.45) is 0. The number of rotatable bonds is 6. The van der Waals surface area contributed by atoms with Crippen molar-refractivity contribution in [2.75, 3.05) is 0 Å². The summed E-state index contributed by atoms with van der Waals surface area (Å²) in [5.74, 6) is 0.598.